The van der Waals surface area contributed by atoms with Crippen LogP contribution in [0.1, 0.15) is 165 Å². The minimum Gasteiger partial charge on any atom is -0.481 e. The summed E-state index contributed by atoms with van der Waals surface area (Å²) in [7, 11) is 0. The van der Waals surface area contributed by atoms with Gasteiger partial charge in [0.05, 0.1) is 25.9 Å². The van der Waals surface area contributed by atoms with Gasteiger partial charge in [-0.3, -0.25) is 102 Å². The number of carboxylic acids is 2. The summed E-state index contributed by atoms with van der Waals surface area (Å²) >= 11 is 8.19. The van der Waals surface area contributed by atoms with Crippen LogP contribution >= 0.6 is 25.3 Å². The van der Waals surface area contributed by atoms with Gasteiger partial charge < -0.3 is 154 Å². The molecule has 0 fully saturated rings. The molecule has 802 valence electrons. The number of amides is 18. The van der Waals surface area contributed by atoms with Crippen LogP contribution in [0.15, 0.2) is 60.8 Å². The molecule has 0 radical (unpaired) electrons. The Hall–Kier alpha value is -13.5. The van der Waals surface area contributed by atoms with E-state index in [4.69, 9.17) is 28.0 Å². The summed E-state index contributed by atoms with van der Waals surface area (Å²) in [6.07, 6.45) is -1.94. The summed E-state index contributed by atoms with van der Waals surface area (Å²) in [6.45, 7) is 17.0. The van der Waals surface area contributed by atoms with E-state index in [2.05, 4.69) is 137 Å². The number of hydrogen-bond acceptors (Lipinski definition) is 28. The van der Waals surface area contributed by atoms with Crippen LogP contribution in [0.25, 0.3) is 10.9 Å². The molecule has 1 heterocycles. The third-order valence-electron chi connectivity index (χ3n) is 22.0. The number of nitrogens with one attached hydrogen (secondary N) is 23. The Kier molecular flexibility index (Phi) is 54.9. The zero-order valence-electron chi connectivity index (χ0n) is 83.0. The maximum atomic E-state index is 14.8. The Bertz CT molecular complexity index is 4880. The number of carbonyl (C=O) groups is 20. The highest BCUT2D eigenvalue weighted by atomic mass is 32.1. The Morgan fingerprint density at radius 2 is 0.667 bits per heavy atom. The molecule has 0 aliphatic heterocycles. The molecule has 0 saturated carbocycles. The van der Waals surface area contributed by atoms with Crippen LogP contribution in [0.4, 0.5) is 0 Å². The van der Waals surface area contributed by atoms with Gasteiger partial charge in [-0.05, 0) is 133 Å². The average molecular weight is 2070 g/mol. The zero-order valence-corrected chi connectivity index (χ0v) is 84.8. The van der Waals surface area contributed by atoms with E-state index in [9.17, 15) is 121 Å². The van der Waals surface area contributed by atoms with Crippen LogP contribution in [-0.2, 0) is 109 Å². The number of rotatable bonds is 65. The van der Waals surface area contributed by atoms with E-state index in [1.54, 1.807) is 116 Å². The van der Waals surface area contributed by atoms with Crippen molar-refractivity contribution in [2.24, 2.45) is 40.9 Å². The van der Waals surface area contributed by atoms with Crippen LogP contribution in [0.2, 0.25) is 0 Å². The monoisotopic (exact) mass is 2070 g/mol. The van der Waals surface area contributed by atoms with Gasteiger partial charge in [0.25, 0.3) is 0 Å². The molecule has 2 aromatic carbocycles. The van der Waals surface area contributed by atoms with Crippen molar-refractivity contribution in [3.63, 3.8) is 0 Å². The molecule has 53 heteroatoms. The number of nitrogens with two attached hydrogens (primary N) is 3. The molecular formula is C91H146N26O25S2. The minimum atomic E-state index is -1.85. The van der Waals surface area contributed by atoms with Crippen molar-refractivity contribution in [1.82, 2.24) is 111 Å². The summed E-state index contributed by atoms with van der Waals surface area (Å²) in [4.78, 5) is 278. The van der Waals surface area contributed by atoms with E-state index in [-0.39, 0.29) is 113 Å². The number of para-hydroxylation sites is 1. The van der Waals surface area contributed by atoms with E-state index >= 15 is 0 Å². The number of aliphatic carboxylic acids is 2. The van der Waals surface area contributed by atoms with Crippen molar-refractivity contribution in [3.05, 3.63) is 71.9 Å². The van der Waals surface area contributed by atoms with Crippen LogP contribution < -0.4 is 124 Å². The van der Waals surface area contributed by atoms with Crippen molar-refractivity contribution in [2.45, 2.75) is 282 Å². The third-order valence-corrected chi connectivity index (χ3v) is 22.8. The number of fused-ring (bicyclic) bond motifs is 1. The van der Waals surface area contributed by atoms with Gasteiger partial charge in [0.15, 0.2) is 11.9 Å². The molecule has 18 amide bonds. The SMILES string of the molecule is CC(C)C[C@H](NC(=O)[C@H](C)NC(=O)[C@H](CO)NC(=O)[C@H](Cc1ccccc1)NC(=O)[C@H](CS)NC(=O)[C@H](CCC(=O)O)NC(=O)[C@H](CC(C)C)NC(=O)[C@H](CCCNC(=N)N)NC(=O)[C@@H](N)[C@@H](C)O)C(=O)N[C@@H](C)C(=O)NCC(=O)N[C@@H](Cc1c[nH]c2ccccc12)C(=O)N[C@@H](CCCNC(=N)N)C(=O)N[C@@H](CC(C)C)C(=O)N[C@@H](CO)C(=O)N[C@@H](C)C(=O)N[C@@H](CC(C)C)C(=O)N[C@@H](C)C(=O)N[C@@H](CS)C(=O)O. The molecule has 0 bridgehead atoms. The largest absolute Gasteiger partial charge is 0.481 e. The lowest BCUT2D eigenvalue weighted by Crippen LogP contribution is -2.61. The van der Waals surface area contributed by atoms with Gasteiger partial charge in [0.2, 0.25) is 106 Å². The highest BCUT2D eigenvalue weighted by molar-refractivity contribution is 7.80. The Labute approximate surface area is 844 Å². The number of benzene rings is 2. The first kappa shape index (κ1) is 125. The van der Waals surface area contributed by atoms with Gasteiger partial charge in [-0.2, -0.15) is 25.3 Å². The molecular weight excluding hydrogens is 1920 g/mol. The number of H-pyrrole nitrogens is 1. The Morgan fingerprint density at radius 1 is 0.354 bits per heavy atom. The number of thiol groups is 2. The molecule has 144 heavy (non-hydrogen) atoms. The van der Waals surface area contributed by atoms with E-state index < -0.39 is 277 Å². The van der Waals surface area contributed by atoms with Crippen molar-refractivity contribution in [1.29, 1.82) is 10.8 Å². The van der Waals surface area contributed by atoms with Gasteiger partial charge in [0.1, 0.15) is 109 Å². The van der Waals surface area contributed by atoms with Crippen LogP contribution in [0, 0.1) is 34.5 Å². The lowest BCUT2D eigenvalue weighted by Gasteiger charge is -2.28. The summed E-state index contributed by atoms with van der Waals surface area (Å²) < 4.78 is 0. The van der Waals surface area contributed by atoms with Crippen LogP contribution in [0.3, 0.4) is 0 Å². The molecule has 0 spiro atoms. The Balaban J connectivity index is 1.83. The standard InChI is InChI=1S/C91H146N26O25S2/c1-43(2)31-59(109-73(125)48(10)104-86(138)66(40-119)115-83(135)63(35-52-21-15-14-16-22-52)113-87(139)67(41-143)116-78(130)58(27-28-70(122)123)107-81(133)61(33-45(5)6)111-77(129)57(26-20-30-98-91(95)96)108-88(140)71(92)51(13)120)79(131)101-47(9)72(124)100-38-69(121)105-64(36-53-37-99-55-24-18-17-23-54(53)55)84(136)106-56(25-19-29-97-90(93)94)76(128)112-62(34-46(7)8)82(134)114-65(39-118)85(137)103-49(11)74(126)110-60(32-44(3)4)80(132)102-50(12)75(127)117-68(42-144)89(141)142/h14-18,21-24,37,43-51,56-68,71,99,118-120,143-144H,19-20,25-36,38-42,92H2,1-13H3,(H,100,124)(H,101,131)(H,102,132)(H,103,137)(H,104,138)(H,105,121)(H,106,136)(H,107,133)(H,108,140)(H,109,125)(H,110,126)(H,111,129)(H,112,128)(H,113,139)(H,114,134)(H,115,135)(H,116,130)(H,117,127)(H,122,123)(H,141,142)(H4,93,94,97)(H4,95,96,98)/t47-,48-,49-,50-,51+,56-,57-,58-,59-,60-,61-,62-,63-,64-,65-,66-,67-,68-,71-/m0/s1. The normalized spacial score (nSPS) is 15.2. The number of carboxylic acid groups (broad SMARTS) is 2. The van der Waals surface area contributed by atoms with Crippen molar-refractivity contribution in [2.75, 3.05) is 44.4 Å². The highest BCUT2D eigenvalue weighted by Crippen LogP contribution is 2.21. The maximum absolute atomic E-state index is 14.8. The highest BCUT2D eigenvalue weighted by Gasteiger charge is 2.40. The fourth-order valence-electron chi connectivity index (χ4n) is 14.1. The topological polar surface area (TPSA) is 825 Å². The Morgan fingerprint density at radius 3 is 1.05 bits per heavy atom. The van der Waals surface area contributed by atoms with Gasteiger partial charge >= 0.3 is 11.9 Å². The first-order chi connectivity index (χ1) is 67.6. The van der Waals surface area contributed by atoms with Crippen molar-refractivity contribution in [3.8, 4) is 0 Å². The smallest absolute Gasteiger partial charge is 0.327 e. The van der Waals surface area contributed by atoms with Crippen LogP contribution in [0.5, 0.6) is 0 Å². The lowest BCUT2D eigenvalue weighted by atomic mass is 10.0. The maximum Gasteiger partial charge on any atom is 0.327 e. The molecule has 1 aromatic heterocycles. The number of hydrogen-bond donors (Lipinski definition) is 33. The molecule has 51 nitrogen and oxygen atoms in total. The number of aliphatic hydroxyl groups excluding tert-OH is 3. The minimum absolute atomic E-state index is 0.00945. The second-order valence-corrected chi connectivity index (χ2v) is 37.2. The van der Waals surface area contributed by atoms with E-state index in [0.29, 0.717) is 22.0 Å². The number of aromatic amines is 1. The molecule has 0 aliphatic carbocycles. The molecule has 0 saturated heterocycles. The summed E-state index contributed by atoms with van der Waals surface area (Å²) in [6, 6.07) is -12.3. The van der Waals surface area contributed by atoms with E-state index in [1.807, 2.05) is 0 Å². The van der Waals surface area contributed by atoms with E-state index in [0.717, 1.165) is 0 Å². The fraction of sp³-hybridized carbons (Fsp3) is 0.604. The number of guanidine groups is 2. The molecule has 3 aromatic rings. The second-order valence-electron chi connectivity index (χ2n) is 36.5. The quantitative estimate of drug-likeness (QED) is 0.0108. The van der Waals surface area contributed by atoms with Gasteiger partial charge in [0, 0.05) is 61.0 Å². The molecule has 19 atom stereocenters. The summed E-state index contributed by atoms with van der Waals surface area (Å²) in [5.74, 6) is -23.3. The predicted octanol–water partition coefficient (Wildman–Crippen LogP) is -7.40. The van der Waals surface area contributed by atoms with Gasteiger partial charge in [-0.15, -0.1) is 0 Å². The molecule has 0 unspecified atom stereocenters. The average Bonchev–Trinajstić information content (AvgIpc) is 1.69. The number of carbonyl (C=O) groups excluding carboxylic acids is 18. The van der Waals surface area contributed by atoms with Gasteiger partial charge in [-0.1, -0.05) is 104 Å². The first-order valence-corrected chi connectivity index (χ1v) is 48.4. The second kappa shape index (κ2) is 63.5. The predicted molar refractivity (Wildman–Crippen MR) is 533 cm³/mol. The molecule has 3 rings (SSSR count). The summed E-state index contributed by atoms with van der Waals surface area (Å²) in [5.41, 5.74) is 18.3. The number of aromatic nitrogens is 1. The molecule has 0 aliphatic rings. The zero-order chi connectivity index (χ0) is 109. The van der Waals surface area contributed by atoms with E-state index in [1.165, 1.54) is 34.6 Å². The first-order valence-electron chi connectivity index (χ1n) is 47.1. The van der Waals surface area contributed by atoms with Crippen molar-refractivity contribution >= 4 is 166 Å². The molecule has 34 N–H and O–H groups in total. The fourth-order valence-corrected chi connectivity index (χ4v) is 14.6. The van der Waals surface area contributed by atoms with Crippen molar-refractivity contribution < 1.29 is 121 Å². The number of aliphatic hydroxyl groups is 3. The van der Waals surface area contributed by atoms with Crippen LogP contribution in [-0.4, -0.2) is 320 Å². The lowest BCUT2D eigenvalue weighted by molar-refractivity contribution is -0.141. The third kappa shape index (κ3) is 45.4. The summed E-state index contributed by atoms with van der Waals surface area (Å²) in [5, 5.41) is 115. The van der Waals surface area contributed by atoms with Gasteiger partial charge in [-0.25, -0.2) is 4.79 Å².